The number of aromatic nitrogens is 2. The highest BCUT2D eigenvalue weighted by molar-refractivity contribution is 5.89. The first-order valence-corrected chi connectivity index (χ1v) is 7.70. The number of anilines is 3. The number of nitrogens with zero attached hydrogens (tertiary/aromatic N) is 2. The Hall–Kier alpha value is -2.90. The monoisotopic (exact) mass is 332 g/mol. The highest BCUT2D eigenvalue weighted by Gasteiger charge is 2.03. The van der Waals surface area contributed by atoms with Crippen LogP contribution in [0.4, 0.5) is 26.6 Å². The first kappa shape index (κ1) is 17.5. The molecule has 0 fully saturated rings. The molecule has 2 rings (SSSR count). The van der Waals surface area contributed by atoms with Crippen LogP contribution in [0.2, 0.25) is 0 Å². The molecule has 0 bridgehead atoms. The van der Waals surface area contributed by atoms with Gasteiger partial charge in [0.05, 0.1) is 0 Å². The van der Waals surface area contributed by atoms with E-state index in [4.69, 9.17) is 0 Å². The molecule has 4 N–H and O–H groups in total. The van der Waals surface area contributed by atoms with Gasteiger partial charge < -0.3 is 21.3 Å². The molecule has 0 aliphatic heterocycles. The summed E-state index contributed by atoms with van der Waals surface area (Å²) in [6, 6.07) is 7.17. The van der Waals surface area contributed by atoms with Gasteiger partial charge in [-0.05, 0) is 32.0 Å². The molecule has 24 heavy (non-hydrogen) atoms. The van der Waals surface area contributed by atoms with Crippen molar-refractivity contribution >= 4 is 23.5 Å². The standard InChI is InChI=1S/C16H21FN6O/c1-3-18-14-9-11(2)21-15(23-14)19-7-8-20-16(24)22-13-6-4-5-12(17)10-13/h4-6,9-10H,3,7-8H2,1-2H3,(H2,20,22,24)(H2,18,19,21,23). The van der Waals surface area contributed by atoms with E-state index in [9.17, 15) is 9.18 Å². The van der Waals surface area contributed by atoms with Crippen molar-refractivity contribution in [2.75, 3.05) is 35.6 Å². The number of rotatable bonds is 7. The fraction of sp³-hybridized carbons (Fsp3) is 0.312. The van der Waals surface area contributed by atoms with Crippen molar-refractivity contribution in [1.29, 1.82) is 0 Å². The van der Waals surface area contributed by atoms with Gasteiger partial charge in [0.15, 0.2) is 0 Å². The van der Waals surface area contributed by atoms with E-state index >= 15 is 0 Å². The first-order valence-electron chi connectivity index (χ1n) is 7.70. The summed E-state index contributed by atoms with van der Waals surface area (Å²) in [6.07, 6.45) is 0. The molecular weight excluding hydrogens is 311 g/mol. The van der Waals surface area contributed by atoms with Crippen LogP contribution in [-0.2, 0) is 0 Å². The molecule has 0 saturated carbocycles. The van der Waals surface area contributed by atoms with Crippen LogP contribution >= 0.6 is 0 Å². The topological polar surface area (TPSA) is 91.0 Å². The van der Waals surface area contributed by atoms with Crippen LogP contribution in [-0.4, -0.2) is 35.6 Å². The molecule has 1 aromatic carbocycles. The molecule has 8 heteroatoms. The Bertz CT molecular complexity index is 694. The normalized spacial score (nSPS) is 10.1. The molecule has 1 heterocycles. The third-order valence-corrected chi connectivity index (χ3v) is 2.99. The average Bonchev–Trinajstić information content (AvgIpc) is 2.51. The summed E-state index contributed by atoms with van der Waals surface area (Å²) in [7, 11) is 0. The van der Waals surface area contributed by atoms with Gasteiger partial charge in [0.1, 0.15) is 11.6 Å². The lowest BCUT2D eigenvalue weighted by Gasteiger charge is -2.10. The van der Waals surface area contributed by atoms with E-state index in [2.05, 4.69) is 31.2 Å². The van der Waals surface area contributed by atoms with Crippen LogP contribution < -0.4 is 21.3 Å². The minimum Gasteiger partial charge on any atom is -0.370 e. The van der Waals surface area contributed by atoms with E-state index in [1.54, 1.807) is 6.07 Å². The number of benzene rings is 1. The molecule has 0 saturated heterocycles. The molecule has 2 aromatic rings. The molecule has 0 radical (unpaired) electrons. The zero-order valence-corrected chi connectivity index (χ0v) is 13.7. The van der Waals surface area contributed by atoms with Crippen molar-refractivity contribution < 1.29 is 9.18 Å². The Balaban J connectivity index is 1.75. The van der Waals surface area contributed by atoms with Crippen LogP contribution in [0.1, 0.15) is 12.6 Å². The molecule has 0 atom stereocenters. The largest absolute Gasteiger partial charge is 0.370 e. The second-order valence-corrected chi connectivity index (χ2v) is 5.07. The van der Waals surface area contributed by atoms with E-state index in [1.165, 1.54) is 18.2 Å². The Labute approximate surface area is 140 Å². The summed E-state index contributed by atoms with van der Waals surface area (Å²) in [5.74, 6) is 0.852. The maximum absolute atomic E-state index is 13.0. The molecule has 0 unspecified atom stereocenters. The number of carbonyl (C=O) groups is 1. The van der Waals surface area contributed by atoms with E-state index in [0.717, 1.165) is 18.1 Å². The average molecular weight is 332 g/mol. The fourth-order valence-electron chi connectivity index (χ4n) is 2.01. The van der Waals surface area contributed by atoms with Crippen LogP contribution in [0.5, 0.6) is 0 Å². The summed E-state index contributed by atoms with van der Waals surface area (Å²) in [5.41, 5.74) is 1.25. The van der Waals surface area contributed by atoms with Gasteiger partial charge in [-0.1, -0.05) is 6.07 Å². The molecule has 7 nitrogen and oxygen atoms in total. The smallest absolute Gasteiger partial charge is 0.319 e. The number of nitrogens with one attached hydrogen (secondary N) is 4. The number of hydrogen-bond donors (Lipinski definition) is 4. The highest BCUT2D eigenvalue weighted by Crippen LogP contribution is 2.09. The molecule has 1 aromatic heterocycles. The summed E-state index contributed by atoms with van der Waals surface area (Å²) in [4.78, 5) is 20.3. The molecule has 0 spiro atoms. The summed E-state index contributed by atoms with van der Waals surface area (Å²) in [5, 5.41) is 11.4. The van der Waals surface area contributed by atoms with Crippen LogP contribution in [0.15, 0.2) is 30.3 Å². The van der Waals surface area contributed by atoms with Crippen LogP contribution in [0, 0.1) is 12.7 Å². The maximum atomic E-state index is 13.0. The molecule has 2 amide bonds. The zero-order chi connectivity index (χ0) is 17.4. The van der Waals surface area contributed by atoms with Crippen molar-refractivity contribution in [2.24, 2.45) is 0 Å². The molecule has 0 aliphatic rings. The molecule has 128 valence electrons. The number of aryl methyl sites for hydroxylation is 1. The summed E-state index contributed by atoms with van der Waals surface area (Å²) < 4.78 is 13.0. The maximum Gasteiger partial charge on any atom is 0.319 e. The first-order chi connectivity index (χ1) is 11.6. The number of urea groups is 1. The SMILES string of the molecule is CCNc1cc(C)nc(NCCNC(=O)Nc2cccc(F)c2)n1. The van der Waals surface area contributed by atoms with E-state index in [0.29, 0.717) is 24.7 Å². The molecule has 0 aliphatic carbocycles. The van der Waals surface area contributed by atoms with Gasteiger partial charge >= 0.3 is 6.03 Å². The van der Waals surface area contributed by atoms with Crippen LogP contribution in [0.25, 0.3) is 0 Å². The Kier molecular flexibility index (Phi) is 6.30. The fourth-order valence-corrected chi connectivity index (χ4v) is 2.01. The lowest BCUT2D eigenvalue weighted by Crippen LogP contribution is -2.32. The number of halogens is 1. The van der Waals surface area contributed by atoms with E-state index in [1.807, 2.05) is 19.9 Å². The van der Waals surface area contributed by atoms with Gasteiger partial charge in [-0.25, -0.2) is 14.2 Å². The summed E-state index contributed by atoms with van der Waals surface area (Å²) >= 11 is 0. The second kappa shape index (κ2) is 8.66. The quantitative estimate of drug-likeness (QED) is 0.585. The summed E-state index contributed by atoms with van der Waals surface area (Å²) in [6.45, 7) is 5.49. The van der Waals surface area contributed by atoms with Gasteiger partial charge in [0.2, 0.25) is 5.95 Å². The van der Waals surface area contributed by atoms with Gasteiger partial charge in [-0.3, -0.25) is 0 Å². The Morgan fingerprint density at radius 3 is 2.75 bits per heavy atom. The molecular formula is C16H21FN6O. The van der Waals surface area contributed by atoms with Crippen LogP contribution in [0.3, 0.4) is 0 Å². The van der Waals surface area contributed by atoms with Gasteiger partial charge in [0, 0.05) is 37.1 Å². The third-order valence-electron chi connectivity index (χ3n) is 2.99. The predicted molar refractivity (Wildman–Crippen MR) is 92.8 cm³/mol. The van der Waals surface area contributed by atoms with Crippen molar-refractivity contribution in [2.45, 2.75) is 13.8 Å². The number of amides is 2. The highest BCUT2D eigenvalue weighted by atomic mass is 19.1. The van der Waals surface area contributed by atoms with E-state index < -0.39 is 11.8 Å². The van der Waals surface area contributed by atoms with Crippen molar-refractivity contribution in [3.05, 3.63) is 41.8 Å². The van der Waals surface area contributed by atoms with Crippen molar-refractivity contribution in [3.63, 3.8) is 0 Å². The van der Waals surface area contributed by atoms with E-state index in [-0.39, 0.29) is 0 Å². The Morgan fingerprint density at radius 1 is 1.17 bits per heavy atom. The Morgan fingerprint density at radius 2 is 2.00 bits per heavy atom. The predicted octanol–water partition coefficient (Wildman–Crippen LogP) is 2.59. The lowest BCUT2D eigenvalue weighted by atomic mass is 10.3. The van der Waals surface area contributed by atoms with Crippen molar-refractivity contribution in [1.82, 2.24) is 15.3 Å². The van der Waals surface area contributed by atoms with Gasteiger partial charge in [0.25, 0.3) is 0 Å². The van der Waals surface area contributed by atoms with Gasteiger partial charge in [-0.2, -0.15) is 4.98 Å². The minimum absolute atomic E-state index is 0.370. The number of hydrogen-bond acceptors (Lipinski definition) is 5. The number of carbonyl (C=O) groups excluding carboxylic acids is 1. The lowest BCUT2D eigenvalue weighted by molar-refractivity contribution is 0.252. The second-order valence-electron chi connectivity index (χ2n) is 5.07. The van der Waals surface area contributed by atoms with Gasteiger partial charge in [-0.15, -0.1) is 0 Å². The zero-order valence-electron chi connectivity index (χ0n) is 13.7. The van der Waals surface area contributed by atoms with Crippen molar-refractivity contribution in [3.8, 4) is 0 Å². The third kappa shape index (κ3) is 5.71. The minimum atomic E-state index is -0.402.